The molecule has 132 valence electrons. The Balaban J connectivity index is 1.36. The molecule has 2 aromatic rings. The molecule has 1 saturated heterocycles. The van der Waals surface area contributed by atoms with Crippen molar-refractivity contribution in [3.8, 4) is 5.69 Å². The second-order valence-electron chi connectivity index (χ2n) is 6.96. The quantitative estimate of drug-likeness (QED) is 0.935. The van der Waals surface area contributed by atoms with E-state index in [1.807, 2.05) is 33.9 Å². The number of aromatic nitrogens is 2. The highest BCUT2D eigenvalue weighted by Gasteiger charge is 2.40. The lowest BCUT2D eigenvalue weighted by molar-refractivity contribution is -0.0925. The van der Waals surface area contributed by atoms with Gasteiger partial charge >= 0.3 is 6.03 Å². The van der Waals surface area contributed by atoms with Crippen molar-refractivity contribution in [2.45, 2.75) is 37.8 Å². The number of imidazole rings is 1. The van der Waals surface area contributed by atoms with E-state index in [0.29, 0.717) is 26.2 Å². The van der Waals surface area contributed by atoms with Crippen molar-refractivity contribution in [1.29, 1.82) is 0 Å². The van der Waals surface area contributed by atoms with Gasteiger partial charge in [-0.25, -0.2) is 9.78 Å². The Kier molecular flexibility index (Phi) is 4.44. The predicted molar refractivity (Wildman–Crippen MR) is 94.5 cm³/mol. The molecule has 0 atom stereocenters. The van der Waals surface area contributed by atoms with Crippen molar-refractivity contribution in [1.82, 2.24) is 19.8 Å². The van der Waals surface area contributed by atoms with Crippen LogP contribution in [0.3, 0.4) is 0 Å². The van der Waals surface area contributed by atoms with E-state index in [4.69, 9.17) is 4.74 Å². The zero-order valence-corrected chi connectivity index (χ0v) is 14.4. The number of nitrogens with one attached hydrogen (secondary N) is 1. The van der Waals surface area contributed by atoms with E-state index < -0.39 is 0 Å². The number of rotatable bonds is 3. The monoisotopic (exact) mass is 340 g/mol. The molecule has 25 heavy (non-hydrogen) atoms. The fraction of sp³-hybridized carbons (Fsp3) is 0.474. The second kappa shape index (κ2) is 6.88. The van der Waals surface area contributed by atoms with Crippen LogP contribution in [0.25, 0.3) is 5.69 Å². The lowest BCUT2D eigenvalue weighted by Crippen LogP contribution is -2.54. The fourth-order valence-corrected chi connectivity index (χ4v) is 3.87. The summed E-state index contributed by atoms with van der Waals surface area (Å²) in [5.74, 6) is 0. The van der Waals surface area contributed by atoms with Crippen LogP contribution in [-0.2, 0) is 11.3 Å². The van der Waals surface area contributed by atoms with Crippen LogP contribution in [0.5, 0.6) is 0 Å². The minimum atomic E-state index is -0.0864. The minimum absolute atomic E-state index is 0.00242. The van der Waals surface area contributed by atoms with Crippen LogP contribution in [0, 0.1) is 0 Å². The third-order valence-electron chi connectivity index (χ3n) is 5.21. The van der Waals surface area contributed by atoms with Gasteiger partial charge in [-0.1, -0.05) is 25.0 Å². The molecular weight excluding hydrogens is 316 g/mol. The number of benzene rings is 1. The molecule has 1 aliphatic heterocycles. The topological polar surface area (TPSA) is 59.4 Å². The van der Waals surface area contributed by atoms with Crippen molar-refractivity contribution in [3.63, 3.8) is 0 Å². The predicted octanol–water partition coefficient (Wildman–Crippen LogP) is 2.73. The Hall–Kier alpha value is -2.34. The Morgan fingerprint density at radius 3 is 3.00 bits per heavy atom. The molecule has 2 aliphatic rings. The van der Waals surface area contributed by atoms with Crippen molar-refractivity contribution in [2.75, 3.05) is 19.7 Å². The zero-order chi connectivity index (χ0) is 17.1. The number of ether oxygens (including phenoxy) is 1. The van der Waals surface area contributed by atoms with Crippen LogP contribution in [0.15, 0.2) is 43.0 Å². The van der Waals surface area contributed by atoms with Crippen molar-refractivity contribution >= 4 is 6.03 Å². The first-order chi connectivity index (χ1) is 12.2. The molecule has 2 amide bonds. The third kappa shape index (κ3) is 3.54. The summed E-state index contributed by atoms with van der Waals surface area (Å²) in [4.78, 5) is 18.6. The summed E-state index contributed by atoms with van der Waals surface area (Å²) in [6.45, 7) is 2.55. The number of urea groups is 1. The molecule has 0 unspecified atom stereocenters. The van der Waals surface area contributed by atoms with Gasteiger partial charge in [0.1, 0.15) is 0 Å². The molecule has 1 saturated carbocycles. The van der Waals surface area contributed by atoms with E-state index in [0.717, 1.165) is 24.1 Å². The summed E-state index contributed by atoms with van der Waals surface area (Å²) in [6.07, 6.45) is 9.99. The van der Waals surface area contributed by atoms with Crippen molar-refractivity contribution in [2.24, 2.45) is 0 Å². The average Bonchev–Trinajstić information content (AvgIpc) is 3.33. The molecular formula is C19H24N4O2. The van der Waals surface area contributed by atoms with E-state index in [1.165, 1.54) is 12.8 Å². The number of nitrogens with zero attached hydrogens (tertiary/aromatic N) is 3. The molecule has 4 rings (SSSR count). The van der Waals surface area contributed by atoms with E-state index in [9.17, 15) is 4.79 Å². The highest BCUT2D eigenvalue weighted by Crippen LogP contribution is 2.35. The summed E-state index contributed by atoms with van der Waals surface area (Å²) in [5.41, 5.74) is 2.03. The van der Waals surface area contributed by atoms with Gasteiger partial charge in [0.2, 0.25) is 0 Å². The normalized spacial score (nSPS) is 19.3. The van der Waals surface area contributed by atoms with Gasteiger partial charge in [-0.05, 0) is 30.5 Å². The average molecular weight is 340 g/mol. The van der Waals surface area contributed by atoms with Gasteiger partial charge in [-0.2, -0.15) is 0 Å². The standard InChI is InChI=1S/C19H24N4O2/c24-18(22-10-11-25-19(14-22)6-1-2-7-19)21-13-16-4-3-5-17(12-16)23-9-8-20-15-23/h3-5,8-9,12,15H,1-2,6-7,10-11,13-14H2,(H,21,24). The summed E-state index contributed by atoms with van der Waals surface area (Å²) in [5, 5.41) is 3.05. The maximum absolute atomic E-state index is 12.6. The molecule has 6 heteroatoms. The molecule has 1 spiro atoms. The summed E-state index contributed by atoms with van der Waals surface area (Å²) in [7, 11) is 0. The van der Waals surface area contributed by atoms with Crippen LogP contribution >= 0.6 is 0 Å². The number of hydrogen-bond donors (Lipinski definition) is 1. The molecule has 1 aromatic carbocycles. The van der Waals surface area contributed by atoms with Crippen LogP contribution in [-0.4, -0.2) is 45.8 Å². The molecule has 2 fully saturated rings. The Labute approximate surface area is 147 Å². The molecule has 2 heterocycles. The van der Waals surface area contributed by atoms with Gasteiger partial charge in [0.15, 0.2) is 0 Å². The first-order valence-corrected chi connectivity index (χ1v) is 8.98. The zero-order valence-electron chi connectivity index (χ0n) is 14.4. The molecule has 1 aromatic heterocycles. The van der Waals surface area contributed by atoms with Gasteiger partial charge in [-0.15, -0.1) is 0 Å². The second-order valence-corrected chi connectivity index (χ2v) is 6.96. The number of carbonyl (C=O) groups excluding carboxylic acids is 1. The van der Waals surface area contributed by atoms with Gasteiger partial charge in [-0.3, -0.25) is 0 Å². The minimum Gasteiger partial charge on any atom is -0.371 e. The largest absolute Gasteiger partial charge is 0.371 e. The smallest absolute Gasteiger partial charge is 0.317 e. The van der Waals surface area contributed by atoms with Gasteiger partial charge < -0.3 is 19.5 Å². The van der Waals surface area contributed by atoms with Gasteiger partial charge in [0, 0.05) is 31.2 Å². The number of carbonyl (C=O) groups is 1. The van der Waals surface area contributed by atoms with Crippen molar-refractivity contribution < 1.29 is 9.53 Å². The Bertz CT molecular complexity index is 723. The lowest BCUT2D eigenvalue weighted by atomic mass is 10.00. The molecule has 0 radical (unpaired) electrons. The third-order valence-corrected chi connectivity index (χ3v) is 5.21. The van der Waals surface area contributed by atoms with E-state index >= 15 is 0 Å². The fourth-order valence-electron chi connectivity index (χ4n) is 3.87. The number of hydrogen-bond acceptors (Lipinski definition) is 3. The Morgan fingerprint density at radius 1 is 1.32 bits per heavy atom. The maximum atomic E-state index is 12.6. The first kappa shape index (κ1) is 16.1. The summed E-state index contributed by atoms with van der Waals surface area (Å²) < 4.78 is 7.95. The summed E-state index contributed by atoms with van der Waals surface area (Å²) >= 11 is 0. The lowest BCUT2D eigenvalue weighted by Gasteiger charge is -2.40. The Morgan fingerprint density at radius 2 is 2.20 bits per heavy atom. The molecule has 1 aliphatic carbocycles. The van der Waals surface area contributed by atoms with Gasteiger partial charge in [0.25, 0.3) is 0 Å². The SMILES string of the molecule is O=C(NCc1cccc(-n2ccnc2)c1)N1CCOC2(CCCC2)C1. The highest BCUT2D eigenvalue weighted by atomic mass is 16.5. The number of amides is 2. The summed E-state index contributed by atoms with van der Waals surface area (Å²) in [6, 6.07) is 8.12. The molecule has 6 nitrogen and oxygen atoms in total. The van der Waals surface area contributed by atoms with Crippen LogP contribution < -0.4 is 5.32 Å². The van der Waals surface area contributed by atoms with Crippen LogP contribution in [0.4, 0.5) is 4.79 Å². The number of morpholine rings is 1. The molecule has 1 N–H and O–H groups in total. The highest BCUT2D eigenvalue weighted by molar-refractivity contribution is 5.74. The van der Waals surface area contributed by atoms with Gasteiger partial charge in [0.05, 0.1) is 25.1 Å². The molecule has 0 bridgehead atoms. The van der Waals surface area contributed by atoms with E-state index in [-0.39, 0.29) is 11.6 Å². The first-order valence-electron chi connectivity index (χ1n) is 8.98. The maximum Gasteiger partial charge on any atom is 0.317 e. The van der Waals surface area contributed by atoms with Crippen LogP contribution in [0.1, 0.15) is 31.2 Å². The van der Waals surface area contributed by atoms with Crippen LogP contribution in [0.2, 0.25) is 0 Å². The van der Waals surface area contributed by atoms with E-state index in [2.05, 4.69) is 16.4 Å². The van der Waals surface area contributed by atoms with Crippen molar-refractivity contribution in [3.05, 3.63) is 48.5 Å². The van der Waals surface area contributed by atoms with E-state index in [1.54, 1.807) is 12.5 Å².